The van der Waals surface area contributed by atoms with Crippen molar-refractivity contribution in [3.63, 3.8) is 0 Å². The number of aromatic nitrogens is 3. The van der Waals surface area contributed by atoms with Crippen molar-refractivity contribution in [3.05, 3.63) is 82.5 Å². The van der Waals surface area contributed by atoms with Gasteiger partial charge in [0.15, 0.2) is 5.82 Å². The van der Waals surface area contributed by atoms with Gasteiger partial charge in [0.1, 0.15) is 23.7 Å². The Balaban J connectivity index is 1.28. The molecular weight excluding hydrogens is 536 g/mol. The molecule has 1 saturated heterocycles. The Labute approximate surface area is 244 Å². The molecule has 10 nitrogen and oxygen atoms in total. The van der Waals surface area contributed by atoms with E-state index in [0.717, 1.165) is 60.9 Å². The Morgan fingerprint density at radius 2 is 1.93 bits per heavy atom. The molecule has 10 heteroatoms. The standard InChI is InChI=1S/C32H34N4O6/c1-4-41-31-26(32(37)38)15-33-36(31)28-10-6-9-27(34-28)25-8-5-7-20(2)29(25)42-17-22-12-11-21-16-35(23-18-40-19-23)14-13-24(21)30(22)39-3/h5-12,15,23H,4,13-14,16-19H2,1-3H3,(H,37,38). The number of aryl methyl sites for hydroxylation is 1. The van der Waals surface area contributed by atoms with Crippen molar-refractivity contribution in [2.45, 2.75) is 39.5 Å². The predicted octanol–water partition coefficient (Wildman–Crippen LogP) is 4.68. The fourth-order valence-electron chi connectivity index (χ4n) is 5.62. The van der Waals surface area contributed by atoms with E-state index in [1.165, 1.54) is 22.0 Å². The van der Waals surface area contributed by atoms with Gasteiger partial charge in [0.2, 0.25) is 5.88 Å². The number of hydrogen-bond acceptors (Lipinski definition) is 8. The molecule has 2 aliphatic heterocycles. The number of aromatic carboxylic acids is 1. The van der Waals surface area contributed by atoms with E-state index in [1.54, 1.807) is 20.1 Å². The molecule has 218 valence electrons. The van der Waals surface area contributed by atoms with Crippen LogP contribution in [0.3, 0.4) is 0 Å². The molecule has 0 bridgehead atoms. The SMILES string of the molecule is CCOc1c(C(=O)O)cnn1-c1cccc(-c2cccc(C)c2OCc2ccc3c(c2OC)CCN(C2COC2)C3)n1. The largest absolute Gasteiger partial charge is 0.496 e. The summed E-state index contributed by atoms with van der Waals surface area (Å²) in [7, 11) is 1.72. The summed E-state index contributed by atoms with van der Waals surface area (Å²) in [5.74, 6) is 1.07. The first-order valence-electron chi connectivity index (χ1n) is 14.1. The number of methoxy groups -OCH3 is 1. The normalized spacial score (nSPS) is 15.1. The van der Waals surface area contributed by atoms with Gasteiger partial charge in [-0.25, -0.2) is 9.78 Å². The summed E-state index contributed by atoms with van der Waals surface area (Å²) in [5, 5.41) is 13.8. The quantitative estimate of drug-likeness (QED) is 0.291. The number of fused-ring (bicyclic) bond motifs is 1. The highest BCUT2D eigenvalue weighted by atomic mass is 16.5. The second-order valence-corrected chi connectivity index (χ2v) is 10.4. The molecule has 0 spiro atoms. The number of hydrogen-bond donors (Lipinski definition) is 1. The average molecular weight is 571 g/mol. The van der Waals surface area contributed by atoms with Crippen molar-refractivity contribution in [2.75, 3.05) is 33.5 Å². The van der Waals surface area contributed by atoms with Gasteiger partial charge in [0, 0.05) is 29.8 Å². The molecule has 42 heavy (non-hydrogen) atoms. The second-order valence-electron chi connectivity index (χ2n) is 10.4. The van der Waals surface area contributed by atoms with E-state index in [2.05, 4.69) is 22.1 Å². The first-order valence-corrected chi connectivity index (χ1v) is 14.1. The molecule has 0 saturated carbocycles. The minimum atomic E-state index is -1.11. The van der Waals surface area contributed by atoms with Gasteiger partial charge < -0.3 is 24.1 Å². The van der Waals surface area contributed by atoms with Crippen LogP contribution >= 0.6 is 0 Å². The summed E-state index contributed by atoms with van der Waals surface area (Å²) in [6.07, 6.45) is 2.20. The number of nitrogens with zero attached hydrogens (tertiary/aromatic N) is 4. The average Bonchev–Trinajstić information content (AvgIpc) is 3.39. The number of carbonyl (C=O) groups is 1. The lowest BCUT2D eigenvalue weighted by Crippen LogP contribution is -2.50. The van der Waals surface area contributed by atoms with E-state index in [0.29, 0.717) is 30.8 Å². The van der Waals surface area contributed by atoms with Crippen LogP contribution in [0, 0.1) is 6.92 Å². The van der Waals surface area contributed by atoms with E-state index in [4.69, 9.17) is 23.9 Å². The number of rotatable bonds is 10. The van der Waals surface area contributed by atoms with Crippen LogP contribution in [0.1, 0.15) is 39.5 Å². The van der Waals surface area contributed by atoms with Gasteiger partial charge in [-0.1, -0.05) is 30.3 Å². The Hall–Kier alpha value is -4.41. The molecule has 1 fully saturated rings. The smallest absolute Gasteiger partial charge is 0.342 e. The van der Waals surface area contributed by atoms with Crippen LogP contribution in [-0.2, 0) is 24.3 Å². The number of ether oxygens (including phenoxy) is 4. The van der Waals surface area contributed by atoms with E-state index in [9.17, 15) is 9.90 Å². The zero-order valence-corrected chi connectivity index (χ0v) is 24.0. The second kappa shape index (κ2) is 11.8. The van der Waals surface area contributed by atoms with Crippen molar-refractivity contribution >= 4 is 5.97 Å². The molecule has 1 N–H and O–H groups in total. The molecule has 0 unspecified atom stereocenters. The van der Waals surface area contributed by atoms with E-state index < -0.39 is 5.97 Å². The van der Waals surface area contributed by atoms with Crippen molar-refractivity contribution in [2.24, 2.45) is 0 Å². The lowest BCUT2D eigenvalue weighted by Gasteiger charge is -2.40. The highest BCUT2D eigenvalue weighted by Crippen LogP contribution is 2.37. The molecular formula is C32H34N4O6. The number of para-hydroxylation sites is 1. The molecule has 0 amide bonds. The third-order valence-corrected chi connectivity index (χ3v) is 7.85. The number of carboxylic acids is 1. The zero-order valence-electron chi connectivity index (χ0n) is 24.0. The molecule has 4 aromatic rings. The minimum absolute atomic E-state index is 0.0209. The van der Waals surface area contributed by atoms with Crippen LogP contribution < -0.4 is 14.2 Å². The summed E-state index contributed by atoms with van der Waals surface area (Å²) in [5.41, 5.74) is 5.97. The lowest BCUT2D eigenvalue weighted by molar-refractivity contribution is -0.0695. The third-order valence-electron chi connectivity index (χ3n) is 7.85. The highest BCUT2D eigenvalue weighted by molar-refractivity contribution is 5.90. The molecule has 0 radical (unpaired) electrons. The minimum Gasteiger partial charge on any atom is -0.496 e. The summed E-state index contributed by atoms with van der Waals surface area (Å²) in [4.78, 5) is 19.0. The molecule has 2 aliphatic rings. The zero-order chi connectivity index (χ0) is 29.2. The van der Waals surface area contributed by atoms with Crippen LogP contribution in [-0.4, -0.2) is 70.3 Å². The fourth-order valence-corrected chi connectivity index (χ4v) is 5.62. The first-order chi connectivity index (χ1) is 20.5. The Bertz CT molecular complexity index is 1610. The molecule has 2 aromatic carbocycles. The number of carboxylic acid groups (broad SMARTS) is 1. The number of benzene rings is 2. The van der Waals surface area contributed by atoms with Crippen LogP contribution in [0.2, 0.25) is 0 Å². The molecule has 2 aromatic heterocycles. The van der Waals surface area contributed by atoms with Crippen LogP contribution in [0.25, 0.3) is 17.1 Å². The fraction of sp³-hybridized carbons (Fsp3) is 0.344. The topological polar surface area (TPSA) is 108 Å². The molecule has 0 aliphatic carbocycles. The third kappa shape index (κ3) is 5.19. The van der Waals surface area contributed by atoms with Crippen LogP contribution in [0.4, 0.5) is 0 Å². The van der Waals surface area contributed by atoms with Gasteiger partial charge >= 0.3 is 5.97 Å². The van der Waals surface area contributed by atoms with Gasteiger partial charge in [-0.15, -0.1) is 0 Å². The summed E-state index contributed by atoms with van der Waals surface area (Å²) >= 11 is 0. The van der Waals surface area contributed by atoms with E-state index in [1.807, 2.05) is 37.3 Å². The van der Waals surface area contributed by atoms with Crippen molar-refractivity contribution in [3.8, 4) is 34.5 Å². The van der Waals surface area contributed by atoms with E-state index in [-0.39, 0.29) is 11.4 Å². The predicted molar refractivity (Wildman–Crippen MR) is 156 cm³/mol. The number of pyridine rings is 1. The Morgan fingerprint density at radius 1 is 1.10 bits per heavy atom. The van der Waals surface area contributed by atoms with Crippen LogP contribution in [0.5, 0.6) is 17.4 Å². The molecule has 6 rings (SSSR count). The van der Waals surface area contributed by atoms with Gasteiger partial charge in [-0.3, -0.25) is 4.90 Å². The van der Waals surface area contributed by atoms with Crippen molar-refractivity contribution in [1.29, 1.82) is 0 Å². The van der Waals surface area contributed by atoms with Gasteiger partial charge in [-0.2, -0.15) is 9.78 Å². The highest BCUT2D eigenvalue weighted by Gasteiger charge is 2.30. The summed E-state index contributed by atoms with van der Waals surface area (Å²) in [6, 6.07) is 16.2. The van der Waals surface area contributed by atoms with Crippen molar-refractivity contribution in [1.82, 2.24) is 19.7 Å². The van der Waals surface area contributed by atoms with Gasteiger partial charge in [0.25, 0.3) is 0 Å². The monoisotopic (exact) mass is 570 g/mol. The van der Waals surface area contributed by atoms with Gasteiger partial charge in [-0.05, 0) is 49.6 Å². The maximum atomic E-state index is 11.7. The van der Waals surface area contributed by atoms with E-state index >= 15 is 0 Å². The lowest BCUT2D eigenvalue weighted by atomic mass is 9.94. The van der Waals surface area contributed by atoms with Crippen LogP contribution in [0.15, 0.2) is 54.7 Å². The molecule has 0 atom stereocenters. The maximum Gasteiger partial charge on any atom is 0.342 e. The summed E-state index contributed by atoms with van der Waals surface area (Å²) in [6.45, 7) is 7.94. The van der Waals surface area contributed by atoms with Gasteiger partial charge in [0.05, 0.1) is 44.9 Å². The Morgan fingerprint density at radius 3 is 2.67 bits per heavy atom. The Kier molecular flexibility index (Phi) is 7.82. The molecule has 4 heterocycles. The summed E-state index contributed by atoms with van der Waals surface area (Å²) < 4.78 is 24.9. The first kappa shape index (κ1) is 27.7. The maximum absolute atomic E-state index is 11.7. The van der Waals surface area contributed by atoms with Crippen molar-refractivity contribution < 1.29 is 28.8 Å².